The van der Waals surface area contributed by atoms with Gasteiger partial charge in [0.05, 0.1) is 11.7 Å². The molecule has 0 heterocycles. The Hall–Kier alpha value is -1.84. The van der Waals surface area contributed by atoms with E-state index in [0.29, 0.717) is 30.9 Å². The van der Waals surface area contributed by atoms with Gasteiger partial charge in [-0.1, -0.05) is 43.3 Å². The molecule has 3 N–H and O–H groups in total. The van der Waals surface area contributed by atoms with Gasteiger partial charge in [0.2, 0.25) is 0 Å². The highest BCUT2D eigenvalue weighted by atomic mass is 16.3. The lowest BCUT2D eigenvalue weighted by Gasteiger charge is -2.55. The van der Waals surface area contributed by atoms with Gasteiger partial charge in [-0.3, -0.25) is 0 Å². The van der Waals surface area contributed by atoms with E-state index in [1.54, 1.807) is 6.07 Å². The minimum atomic E-state index is -1.07. The molecule has 0 amide bonds. The number of aryl methyl sites for hydroxylation is 1. The number of phenols is 1. The maximum absolute atomic E-state index is 11.3. The Morgan fingerprint density at radius 2 is 1.85 bits per heavy atom. The molecule has 26 heavy (non-hydrogen) atoms. The van der Waals surface area contributed by atoms with E-state index in [4.69, 9.17) is 0 Å². The maximum atomic E-state index is 11.3. The molecule has 3 nitrogen and oxygen atoms in total. The van der Waals surface area contributed by atoms with E-state index in [1.807, 2.05) is 42.5 Å². The third-order valence-corrected chi connectivity index (χ3v) is 6.93. The predicted octanol–water partition coefficient (Wildman–Crippen LogP) is 3.73. The largest absolute Gasteiger partial charge is 0.508 e. The van der Waals surface area contributed by atoms with Gasteiger partial charge in [0, 0.05) is 11.8 Å². The Bertz CT molecular complexity index is 787. The fourth-order valence-corrected chi connectivity index (χ4v) is 5.53. The van der Waals surface area contributed by atoms with E-state index < -0.39 is 11.7 Å². The van der Waals surface area contributed by atoms with Crippen molar-refractivity contribution in [2.24, 2.45) is 5.92 Å². The summed E-state index contributed by atoms with van der Waals surface area (Å²) >= 11 is 0. The molecule has 1 saturated carbocycles. The molecule has 0 saturated heterocycles. The first-order chi connectivity index (χ1) is 12.5. The van der Waals surface area contributed by atoms with Crippen molar-refractivity contribution in [3.63, 3.8) is 0 Å². The van der Waals surface area contributed by atoms with E-state index in [0.717, 1.165) is 24.8 Å². The van der Waals surface area contributed by atoms with Gasteiger partial charge in [-0.25, -0.2) is 0 Å². The number of rotatable bonds is 3. The molecule has 3 heteroatoms. The predicted molar refractivity (Wildman–Crippen MR) is 102 cm³/mol. The molecule has 2 aliphatic rings. The van der Waals surface area contributed by atoms with E-state index in [-0.39, 0.29) is 5.41 Å². The summed E-state index contributed by atoms with van der Waals surface area (Å²) in [7, 11) is 0. The van der Waals surface area contributed by atoms with Crippen LogP contribution < -0.4 is 0 Å². The van der Waals surface area contributed by atoms with Crippen molar-refractivity contribution in [2.45, 2.75) is 62.6 Å². The second-order valence-corrected chi connectivity index (χ2v) is 8.28. The highest BCUT2D eigenvalue weighted by Gasteiger charge is 2.54. The molecule has 0 aromatic heterocycles. The lowest BCUT2D eigenvalue weighted by Crippen LogP contribution is -2.58. The average Bonchev–Trinajstić information content (AvgIpc) is 2.63. The molecule has 2 aliphatic carbocycles. The summed E-state index contributed by atoms with van der Waals surface area (Å²) in [6.07, 6.45) is 3.80. The van der Waals surface area contributed by atoms with E-state index >= 15 is 0 Å². The summed E-state index contributed by atoms with van der Waals surface area (Å²) < 4.78 is 0. The van der Waals surface area contributed by atoms with Gasteiger partial charge in [-0.2, -0.15) is 0 Å². The van der Waals surface area contributed by atoms with Crippen LogP contribution in [-0.2, 0) is 18.3 Å². The van der Waals surface area contributed by atoms with Crippen LogP contribution in [0.3, 0.4) is 0 Å². The molecular weight excluding hydrogens is 324 g/mol. The summed E-state index contributed by atoms with van der Waals surface area (Å²) in [5.74, 6) is 0.659. The molecule has 0 spiro atoms. The molecule has 0 radical (unpaired) electrons. The Balaban J connectivity index is 1.68. The van der Waals surface area contributed by atoms with Crippen molar-refractivity contribution in [1.29, 1.82) is 0 Å². The number of aliphatic hydroxyl groups is 2. The van der Waals surface area contributed by atoms with Crippen LogP contribution in [0.25, 0.3) is 0 Å². The van der Waals surface area contributed by atoms with Gasteiger partial charge >= 0.3 is 0 Å². The van der Waals surface area contributed by atoms with Gasteiger partial charge in [0.1, 0.15) is 5.75 Å². The standard InChI is InChI=1S/C23H28O3/c1-2-22-15-21(25)23(26,13-16-6-4-3-5-7-16)14-18(22)9-8-17-12-19(24)10-11-20(17)22/h3-7,10-12,18,21,24-26H,2,8-9,13-15H2,1H3/t18-,21+,22-,23+/m1/s1. The molecule has 1 fully saturated rings. The quantitative estimate of drug-likeness (QED) is 0.789. The fourth-order valence-electron chi connectivity index (χ4n) is 5.53. The van der Waals surface area contributed by atoms with Gasteiger partial charge in [0.25, 0.3) is 0 Å². The minimum absolute atomic E-state index is 0.108. The van der Waals surface area contributed by atoms with Gasteiger partial charge in [-0.15, -0.1) is 0 Å². The highest BCUT2D eigenvalue weighted by molar-refractivity contribution is 5.43. The normalized spacial score (nSPS) is 33.3. The van der Waals surface area contributed by atoms with Gasteiger partial charge in [-0.05, 0) is 66.8 Å². The summed E-state index contributed by atoms with van der Waals surface area (Å²) in [4.78, 5) is 0. The SMILES string of the molecule is CC[C@@]12C[C@H](O)[C@](O)(Cc3ccccc3)C[C@H]1CCc1cc(O)ccc12. The lowest BCUT2D eigenvalue weighted by atomic mass is 9.52. The zero-order valence-corrected chi connectivity index (χ0v) is 15.4. The number of hydrogen-bond donors (Lipinski definition) is 3. The maximum Gasteiger partial charge on any atom is 0.115 e. The van der Waals surface area contributed by atoms with Crippen molar-refractivity contribution in [1.82, 2.24) is 0 Å². The number of fused-ring (bicyclic) bond motifs is 3. The summed E-state index contributed by atoms with van der Waals surface area (Å²) in [5.41, 5.74) is 2.35. The fraction of sp³-hybridized carbons (Fsp3) is 0.478. The van der Waals surface area contributed by atoms with Crippen LogP contribution in [-0.4, -0.2) is 27.0 Å². The van der Waals surface area contributed by atoms with Crippen molar-refractivity contribution in [3.8, 4) is 5.75 Å². The Labute approximate surface area is 155 Å². The molecule has 4 atom stereocenters. The summed E-state index contributed by atoms with van der Waals surface area (Å²) in [5, 5.41) is 32.2. The third-order valence-electron chi connectivity index (χ3n) is 6.93. The molecule has 2 aromatic rings. The van der Waals surface area contributed by atoms with Crippen LogP contribution in [0.1, 0.15) is 49.3 Å². The smallest absolute Gasteiger partial charge is 0.115 e. The molecular formula is C23H28O3. The number of aliphatic hydroxyl groups excluding tert-OH is 1. The number of benzene rings is 2. The molecule has 0 bridgehead atoms. The second kappa shape index (κ2) is 6.40. The average molecular weight is 352 g/mol. The first-order valence-corrected chi connectivity index (χ1v) is 9.73. The van der Waals surface area contributed by atoms with Crippen LogP contribution in [0.2, 0.25) is 0 Å². The van der Waals surface area contributed by atoms with Crippen LogP contribution >= 0.6 is 0 Å². The van der Waals surface area contributed by atoms with Crippen molar-refractivity contribution in [2.75, 3.05) is 0 Å². The number of phenolic OH excluding ortho intramolecular Hbond substituents is 1. The van der Waals surface area contributed by atoms with Crippen LogP contribution in [0.5, 0.6) is 5.75 Å². The Morgan fingerprint density at radius 3 is 2.58 bits per heavy atom. The Kier molecular flexibility index (Phi) is 4.32. The van der Waals surface area contributed by atoms with Crippen LogP contribution in [0.4, 0.5) is 0 Å². The zero-order chi connectivity index (χ0) is 18.4. The second-order valence-electron chi connectivity index (χ2n) is 8.28. The zero-order valence-electron chi connectivity index (χ0n) is 15.4. The molecule has 138 valence electrons. The number of hydrogen-bond acceptors (Lipinski definition) is 3. The lowest BCUT2D eigenvalue weighted by molar-refractivity contribution is -0.139. The number of aromatic hydroxyl groups is 1. The van der Waals surface area contributed by atoms with Crippen molar-refractivity contribution in [3.05, 3.63) is 65.2 Å². The Morgan fingerprint density at radius 1 is 1.08 bits per heavy atom. The van der Waals surface area contributed by atoms with Gasteiger partial charge < -0.3 is 15.3 Å². The molecule has 2 aromatic carbocycles. The van der Waals surface area contributed by atoms with Crippen molar-refractivity contribution >= 4 is 0 Å². The molecule has 4 rings (SSSR count). The summed E-state index contributed by atoms with van der Waals surface area (Å²) in [6.45, 7) is 2.18. The first kappa shape index (κ1) is 17.6. The van der Waals surface area contributed by atoms with Crippen LogP contribution in [0, 0.1) is 5.92 Å². The van der Waals surface area contributed by atoms with E-state index in [1.165, 1.54) is 11.1 Å². The highest BCUT2D eigenvalue weighted by Crippen LogP contribution is 2.55. The summed E-state index contributed by atoms with van der Waals surface area (Å²) in [6, 6.07) is 15.6. The van der Waals surface area contributed by atoms with E-state index in [9.17, 15) is 15.3 Å². The first-order valence-electron chi connectivity index (χ1n) is 9.73. The topological polar surface area (TPSA) is 60.7 Å². The van der Waals surface area contributed by atoms with Gasteiger partial charge in [0.15, 0.2) is 0 Å². The third kappa shape index (κ3) is 2.74. The van der Waals surface area contributed by atoms with E-state index in [2.05, 4.69) is 6.92 Å². The molecule has 0 unspecified atom stereocenters. The molecule has 0 aliphatic heterocycles. The monoisotopic (exact) mass is 352 g/mol. The van der Waals surface area contributed by atoms with Crippen molar-refractivity contribution < 1.29 is 15.3 Å². The minimum Gasteiger partial charge on any atom is -0.508 e. The van der Waals surface area contributed by atoms with Crippen LogP contribution in [0.15, 0.2) is 48.5 Å².